The van der Waals surface area contributed by atoms with E-state index in [1.165, 1.54) is 6.08 Å². The van der Waals surface area contributed by atoms with Gasteiger partial charge in [-0.1, -0.05) is 41.5 Å². The molecule has 0 fully saturated rings. The smallest absolute Gasteiger partial charge is 0.343 e. The second-order valence-electron chi connectivity index (χ2n) is 7.38. The van der Waals surface area contributed by atoms with Crippen LogP contribution < -0.4 is 14.8 Å². The van der Waals surface area contributed by atoms with Gasteiger partial charge in [0.1, 0.15) is 11.6 Å². The monoisotopic (exact) mass is 440 g/mol. The Kier molecular flexibility index (Phi) is 7.61. The first-order valence-corrected chi connectivity index (χ1v) is 10.4. The lowest BCUT2D eigenvalue weighted by Crippen LogP contribution is -2.13. The number of nitriles is 1. The van der Waals surface area contributed by atoms with Gasteiger partial charge in [-0.15, -0.1) is 0 Å². The van der Waals surface area contributed by atoms with Crippen LogP contribution in [0.4, 0.5) is 5.69 Å². The Morgan fingerprint density at radius 1 is 0.939 bits per heavy atom. The lowest BCUT2D eigenvalue weighted by Gasteiger charge is -2.12. The molecule has 0 saturated heterocycles. The average Bonchev–Trinajstić information content (AvgIpc) is 2.81. The number of nitrogens with zero attached hydrogens (tertiary/aromatic N) is 1. The molecule has 1 N–H and O–H groups in total. The van der Waals surface area contributed by atoms with E-state index in [4.69, 9.17) is 9.47 Å². The molecule has 0 aromatic heterocycles. The van der Waals surface area contributed by atoms with Gasteiger partial charge in [0.15, 0.2) is 11.5 Å². The Hall–Kier alpha value is -4.37. The summed E-state index contributed by atoms with van der Waals surface area (Å²) in [6, 6.07) is 21.1. The zero-order chi connectivity index (χ0) is 23.8. The first-order chi connectivity index (χ1) is 15.9. The fourth-order valence-electron chi connectivity index (χ4n) is 2.97. The van der Waals surface area contributed by atoms with Crippen molar-refractivity contribution in [3.8, 4) is 17.6 Å². The molecule has 0 aliphatic carbocycles. The van der Waals surface area contributed by atoms with Gasteiger partial charge in [0.2, 0.25) is 0 Å². The Morgan fingerprint density at radius 3 is 2.18 bits per heavy atom. The van der Waals surface area contributed by atoms with E-state index >= 15 is 0 Å². The first-order valence-electron chi connectivity index (χ1n) is 10.4. The average molecular weight is 440 g/mol. The van der Waals surface area contributed by atoms with E-state index in [0.717, 1.165) is 11.1 Å². The number of esters is 1. The van der Waals surface area contributed by atoms with Gasteiger partial charge >= 0.3 is 5.97 Å². The summed E-state index contributed by atoms with van der Waals surface area (Å²) in [4.78, 5) is 25.0. The minimum absolute atomic E-state index is 0.0672. The maximum atomic E-state index is 12.5. The maximum Gasteiger partial charge on any atom is 0.343 e. The third-order valence-electron chi connectivity index (χ3n) is 4.74. The Balaban J connectivity index is 1.81. The molecule has 3 aromatic carbocycles. The maximum absolute atomic E-state index is 12.5. The summed E-state index contributed by atoms with van der Waals surface area (Å²) in [5.74, 6) is -0.436. The van der Waals surface area contributed by atoms with Crippen LogP contribution in [0, 0.1) is 25.2 Å². The summed E-state index contributed by atoms with van der Waals surface area (Å²) >= 11 is 0. The molecule has 0 aliphatic rings. The van der Waals surface area contributed by atoms with Crippen LogP contribution in [0.3, 0.4) is 0 Å². The summed E-state index contributed by atoms with van der Waals surface area (Å²) in [7, 11) is 0. The van der Waals surface area contributed by atoms with Crippen molar-refractivity contribution in [3.63, 3.8) is 0 Å². The second-order valence-corrected chi connectivity index (χ2v) is 7.38. The zero-order valence-corrected chi connectivity index (χ0v) is 18.7. The van der Waals surface area contributed by atoms with E-state index in [1.807, 2.05) is 51.1 Å². The number of anilines is 1. The van der Waals surface area contributed by atoms with Crippen molar-refractivity contribution in [2.24, 2.45) is 0 Å². The molecular weight excluding hydrogens is 416 g/mol. The Labute approximate surface area is 193 Å². The third kappa shape index (κ3) is 6.31. The van der Waals surface area contributed by atoms with Crippen molar-refractivity contribution in [3.05, 3.63) is 94.6 Å². The minimum atomic E-state index is -0.519. The van der Waals surface area contributed by atoms with Crippen molar-refractivity contribution in [2.45, 2.75) is 20.8 Å². The van der Waals surface area contributed by atoms with E-state index in [-0.39, 0.29) is 11.3 Å². The molecule has 166 valence electrons. The fraction of sp³-hybridized carbons (Fsp3) is 0.148. The van der Waals surface area contributed by atoms with Crippen molar-refractivity contribution >= 4 is 23.6 Å². The Bertz CT molecular complexity index is 1220. The van der Waals surface area contributed by atoms with Crippen molar-refractivity contribution in [1.82, 2.24) is 0 Å². The lowest BCUT2D eigenvalue weighted by molar-refractivity contribution is -0.112. The van der Waals surface area contributed by atoms with Gasteiger partial charge in [0.25, 0.3) is 5.91 Å². The van der Waals surface area contributed by atoms with Crippen LogP contribution in [0.5, 0.6) is 11.5 Å². The van der Waals surface area contributed by atoms with Gasteiger partial charge < -0.3 is 14.8 Å². The zero-order valence-electron chi connectivity index (χ0n) is 18.7. The molecule has 0 radical (unpaired) electrons. The summed E-state index contributed by atoms with van der Waals surface area (Å²) in [6.45, 7) is 6.04. The van der Waals surface area contributed by atoms with Crippen LogP contribution in [0.15, 0.2) is 72.3 Å². The summed E-state index contributed by atoms with van der Waals surface area (Å²) in [6.07, 6.45) is 1.46. The molecule has 0 heterocycles. The van der Waals surface area contributed by atoms with E-state index < -0.39 is 11.9 Å². The molecule has 3 rings (SSSR count). The molecule has 6 heteroatoms. The number of rotatable bonds is 7. The SMILES string of the molecule is CCOc1cc(/C=C(\C#N)C(=O)Nc2ccc(C)cc2)ccc1OC(=O)c1ccc(C)cc1. The van der Waals surface area contributed by atoms with Gasteiger partial charge in [0.05, 0.1) is 12.2 Å². The summed E-state index contributed by atoms with van der Waals surface area (Å²) in [5, 5.41) is 12.2. The van der Waals surface area contributed by atoms with Gasteiger partial charge in [-0.25, -0.2) is 4.79 Å². The van der Waals surface area contributed by atoms with Crippen molar-refractivity contribution in [1.29, 1.82) is 5.26 Å². The lowest BCUT2D eigenvalue weighted by atomic mass is 10.1. The first kappa shape index (κ1) is 23.3. The normalized spacial score (nSPS) is 10.8. The Morgan fingerprint density at radius 2 is 1.58 bits per heavy atom. The number of carbonyl (C=O) groups excluding carboxylic acids is 2. The number of carbonyl (C=O) groups is 2. The van der Waals surface area contributed by atoms with Crippen LogP contribution in [-0.2, 0) is 4.79 Å². The van der Waals surface area contributed by atoms with Crippen LogP contribution in [0.1, 0.15) is 34.0 Å². The summed E-state index contributed by atoms with van der Waals surface area (Å²) < 4.78 is 11.1. The highest BCUT2D eigenvalue weighted by atomic mass is 16.6. The number of amides is 1. The molecule has 0 saturated carbocycles. The van der Waals surface area contributed by atoms with E-state index in [0.29, 0.717) is 29.2 Å². The van der Waals surface area contributed by atoms with Crippen LogP contribution in [0.2, 0.25) is 0 Å². The highest BCUT2D eigenvalue weighted by molar-refractivity contribution is 6.09. The number of aryl methyl sites for hydroxylation is 2. The van der Waals surface area contributed by atoms with E-state index in [1.54, 1.807) is 42.5 Å². The molecule has 6 nitrogen and oxygen atoms in total. The van der Waals surface area contributed by atoms with Crippen LogP contribution in [0.25, 0.3) is 6.08 Å². The predicted octanol–water partition coefficient (Wildman–Crippen LogP) is 5.47. The summed E-state index contributed by atoms with van der Waals surface area (Å²) in [5.41, 5.74) is 3.62. The molecule has 0 atom stereocenters. The largest absolute Gasteiger partial charge is 0.490 e. The number of hydrogen-bond donors (Lipinski definition) is 1. The number of ether oxygens (including phenoxy) is 2. The second kappa shape index (κ2) is 10.8. The molecule has 0 aliphatic heterocycles. The van der Waals surface area contributed by atoms with Gasteiger partial charge in [-0.3, -0.25) is 4.79 Å². The highest BCUT2D eigenvalue weighted by Gasteiger charge is 2.15. The van der Waals surface area contributed by atoms with E-state index in [9.17, 15) is 14.9 Å². The number of benzene rings is 3. The molecular formula is C27H24N2O4. The molecule has 0 spiro atoms. The van der Waals surface area contributed by atoms with Gasteiger partial charge in [-0.05, 0) is 68.8 Å². The van der Waals surface area contributed by atoms with Gasteiger partial charge in [0, 0.05) is 5.69 Å². The molecule has 0 bridgehead atoms. The molecule has 0 unspecified atom stereocenters. The minimum Gasteiger partial charge on any atom is -0.490 e. The third-order valence-corrected chi connectivity index (χ3v) is 4.74. The van der Waals surface area contributed by atoms with Crippen LogP contribution >= 0.6 is 0 Å². The number of nitrogens with one attached hydrogen (secondary N) is 1. The topological polar surface area (TPSA) is 88.4 Å². The predicted molar refractivity (Wildman–Crippen MR) is 127 cm³/mol. The molecule has 33 heavy (non-hydrogen) atoms. The quantitative estimate of drug-likeness (QED) is 0.228. The van der Waals surface area contributed by atoms with Crippen molar-refractivity contribution in [2.75, 3.05) is 11.9 Å². The molecule has 3 aromatic rings. The molecule has 1 amide bonds. The number of hydrogen-bond acceptors (Lipinski definition) is 5. The standard InChI is InChI=1S/C27H24N2O4/c1-4-32-25-16-20(9-14-24(25)33-27(31)21-10-5-18(2)6-11-21)15-22(17-28)26(30)29-23-12-7-19(3)8-13-23/h5-16H,4H2,1-3H3,(H,29,30)/b22-15+. The highest BCUT2D eigenvalue weighted by Crippen LogP contribution is 2.30. The van der Waals surface area contributed by atoms with Crippen molar-refractivity contribution < 1.29 is 19.1 Å². The van der Waals surface area contributed by atoms with Crippen LogP contribution in [-0.4, -0.2) is 18.5 Å². The van der Waals surface area contributed by atoms with E-state index in [2.05, 4.69) is 5.32 Å². The van der Waals surface area contributed by atoms with Gasteiger partial charge in [-0.2, -0.15) is 5.26 Å². The fourth-order valence-corrected chi connectivity index (χ4v) is 2.97.